The van der Waals surface area contributed by atoms with Gasteiger partial charge in [-0.2, -0.15) is 0 Å². The Kier molecular flexibility index (Phi) is 3.03. The number of rotatable bonds is 2. The summed E-state index contributed by atoms with van der Waals surface area (Å²) < 4.78 is 13.0. The van der Waals surface area contributed by atoms with E-state index < -0.39 is 5.82 Å². The number of ketones is 1. The average molecular weight is 256 g/mol. The topological polar surface area (TPSA) is 30.0 Å². The van der Waals surface area contributed by atoms with Crippen LogP contribution < -0.4 is 0 Å². The highest BCUT2D eigenvalue weighted by Crippen LogP contribution is 2.23. The molecular formula is C11H7ClFNOS. The second kappa shape index (κ2) is 4.31. The van der Waals surface area contributed by atoms with Crippen LogP contribution in [0.2, 0.25) is 5.02 Å². The Hall–Kier alpha value is -1.26. The minimum atomic E-state index is -0.478. The van der Waals surface area contributed by atoms with Crippen molar-refractivity contribution < 1.29 is 9.18 Å². The van der Waals surface area contributed by atoms with Gasteiger partial charge in [0.05, 0.1) is 14.9 Å². The Labute approximate surface area is 101 Å². The smallest absolute Gasteiger partial charge is 0.206 e. The van der Waals surface area contributed by atoms with Gasteiger partial charge in [-0.25, -0.2) is 9.37 Å². The van der Waals surface area contributed by atoms with Gasteiger partial charge in [-0.05, 0) is 25.1 Å². The molecule has 0 aliphatic heterocycles. The number of nitrogens with zero attached hydrogens (tertiary/aromatic N) is 1. The molecule has 0 atom stereocenters. The molecule has 82 valence electrons. The van der Waals surface area contributed by atoms with Gasteiger partial charge < -0.3 is 0 Å². The molecule has 0 aliphatic carbocycles. The molecule has 0 N–H and O–H groups in total. The highest BCUT2D eigenvalue weighted by Gasteiger charge is 2.15. The predicted octanol–water partition coefficient (Wildman–Crippen LogP) is 3.48. The zero-order chi connectivity index (χ0) is 11.7. The van der Waals surface area contributed by atoms with Crippen molar-refractivity contribution in [1.29, 1.82) is 0 Å². The van der Waals surface area contributed by atoms with Crippen LogP contribution in [0.3, 0.4) is 0 Å². The van der Waals surface area contributed by atoms with Crippen molar-refractivity contribution in [2.45, 2.75) is 6.92 Å². The fourth-order valence-electron chi connectivity index (χ4n) is 1.27. The van der Waals surface area contributed by atoms with Crippen LogP contribution in [0.15, 0.2) is 24.4 Å². The van der Waals surface area contributed by atoms with Gasteiger partial charge in [-0.3, -0.25) is 4.79 Å². The molecule has 5 heteroatoms. The zero-order valence-electron chi connectivity index (χ0n) is 8.33. The van der Waals surface area contributed by atoms with Crippen LogP contribution in [0.25, 0.3) is 0 Å². The summed E-state index contributed by atoms with van der Waals surface area (Å²) in [5.74, 6) is -0.774. The average Bonchev–Trinajstić information content (AvgIpc) is 2.67. The van der Waals surface area contributed by atoms with Crippen molar-refractivity contribution in [2.75, 3.05) is 0 Å². The van der Waals surface area contributed by atoms with Crippen LogP contribution in [0.5, 0.6) is 0 Å². The lowest BCUT2D eigenvalue weighted by atomic mass is 10.1. The lowest BCUT2D eigenvalue weighted by Gasteiger charge is -2.00. The van der Waals surface area contributed by atoms with E-state index in [0.29, 0.717) is 4.88 Å². The Morgan fingerprint density at radius 2 is 2.25 bits per heavy atom. The Morgan fingerprint density at radius 3 is 2.88 bits per heavy atom. The minimum absolute atomic E-state index is 0.172. The van der Waals surface area contributed by atoms with E-state index in [9.17, 15) is 9.18 Å². The Balaban J connectivity index is 2.45. The van der Waals surface area contributed by atoms with Crippen LogP contribution in [0.1, 0.15) is 20.2 Å². The van der Waals surface area contributed by atoms with Gasteiger partial charge in [-0.15, -0.1) is 11.3 Å². The molecule has 2 nitrogen and oxygen atoms in total. The minimum Gasteiger partial charge on any atom is -0.288 e. The Morgan fingerprint density at radius 1 is 1.50 bits per heavy atom. The fraction of sp³-hybridized carbons (Fsp3) is 0.0909. The van der Waals surface area contributed by atoms with Crippen molar-refractivity contribution in [3.63, 3.8) is 0 Å². The third-order valence-electron chi connectivity index (χ3n) is 2.02. The number of hydrogen-bond donors (Lipinski definition) is 0. The first-order valence-corrected chi connectivity index (χ1v) is 5.69. The largest absolute Gasteiger partial charge is 0.288 e. The summed E-state index contributed by atoms with van der Waals surface area (Å²) in [5, 5.41) is 1.04. The molecule has 1 heterocycles. The SMILES string of the molecule is Cc1ncc(C(=O)c2cc(F)ccc2Cl)s1. The number of carbonyl (C=O) groups excluding carboxylic acids is 1. The normalized spacial score (nSPS) is 10.4. The molecule has 1 aromatic heterocycles. The molecule has 0 radical (unpaired) electrons. The number of aromatic nitrogens is 1. The first-order chi connectivity index (χ1) is 7.58. The van der Waals surface area contributed by atoms with Crippen molar-refractivity contribution in [1.82, 2.24) is 4.98 Å². The standard InChI is InChI=1S/C11H7ClFNOS/c1-6-14-5-10(16-6)11(15)8-4-7(13)2-3-9(8)12/h2-5H,1H3. The van der Waals surface area contributed by atoms with E-state index >= 15 is 0 Å². The molecule has 0 amide bonds. The molecule has 0 spiro atoms. The van der Waals surface area contributed by atoms with Gasteiger partial charge in [0.15, 0.2) is 0 Å². The van der Waals surface area contributed by atoms with Gasteiger partial charge in [0.2, 0.25) is 5.78 Å². The van der Waals surface area contributed by atoms with Crippen molar-refractivity contribution in [3.8, 4) is 0 Å². The van der Waals surface area contributed by atoms with E-state index in [1.165, 1.54) is 29.7 Å². The number of hydrogen-bond acceptors (Lipinski definition) is 3. The molecule has 1 aromatic carbocycles. The lowest BCUT2D eigenvalue weighted by Crippen LogP contribution is -2.00. The van der Waals surface area contributed by atoms with Gasteiger partial charge in [0.25, 0.3) is 0 Å². The van der Waals surface area contributed by atoms with Gasteiger partial charge in [0, 0.05) is 11.8 Å². The summed E-state index contributed by atoms with van der Waals surface area (Å²) in [6.07, 6.45) is 1.48. The first-order valence-electron chi connectivity index (χ1n) is 4.50. The number of thiazole rings is 1. The van der Waals surface area contributed by atoms with Crippen LogP contribution in [-0.2, 0) is 0 Å². The summed E-state index contributed by atoms with van der Waals surface area (Å²) >= 11 is 7.11. The van der Waals surface area contributed by atoms with Crippen LogP contribution in [0.4, 0.5) is 4.39 Å². The third kappa shape index (κ3) is 2.13. The molecule has 0 unspecified atom stereocenters. The molecule has 2 aromatic rings. The molecule has 0 saturated heterocycles. The van der Waals surface area contributed by atoms with E-state index in [4.69, 9.17) is 11.6 Å². The van der Waals surface area contributed by atoms with Crippen LogP contribution in [-0.4, -0.2) is 10.8 Å². The second-order valence-electron chi connectivity index (χ2n) is 3.20. The maximum atomic E-state index is 13.0. The Bertz CT molecular complexity index is 553. The highest BCUT2D eigenvalue weighted by atomic mass is 35.5. The van der Waals surface area contributed by atoms with E-state index in [1.807, 2.05) is 0 Å². The summed E-state index contributed by atoms with van der Waals surface area (Å²) in [4.78, 5) is 16.4. The summed E-state index contributed by atoms with van der Waals surface area (Å²) in [6.45, 7) is 1.80. The van der Waals surface area contributed by atoms with Crippen LogP contribution >= 0.6 is 22.9 Å². The molecule has 0 aliphatic rings. The maximum Gasteiger partial charge on any atom is 0.206 e. The molecular weight excluding hydrogens is 249 g/mol. The first kappa shape index (κ1) is 11.2. The lowest BCUT2D eigenvalue weighted by molar-refractivity contribution is 0.104. The van der Waals surface area contributed by atoms with Crippen LogP contribution in [0, 0.1) is 12.7 Å². The van der Waals surface area contributed by atoms with E-state index in [-0.39, 0.29) is 16.4 Å². The summed E-state index contributed by atoms with van der Waals surface area (Å²) in [7, 11) is 0. The quantitative estimate of drug-likeness (QED) is 0.769. The summed E-state index contributed by atoms with van der Waals surface area (Å²) in [6, 6.07) is 3.73. The predicted molar refractivity (Wildman–Crippen MR) is 61.7 cm³/mol. The second-order valence-corrected chi connectivity index (χ2v) is 4.84. The molecule has 0 bridgehead atoms. The maximum absolute atomic E-state index is 13.0. The van der Waals surface area contributed by atoms with Gasteiger partial charge in [0.1, 0.15) is 5.82 Å². The summed E-state index contributed by atoms with van der Waals surface area (Å²) in [5.41, 5.74) is 0.172. The third-order valence-corrected chi connectivity index (χ3v) is 3.26. The monoisotopic (exact) mass is 255 g/mol. The number of halogens is 2. The zero-order valence-corrected chi connectivity index (χ0v) is 9.90. The molecule has 0 fully saturated rings. The molecule has 16 heavy (non-hydrogen) atoms. The number of aryl methyl sites for hydroxylation is 1. The molecule has 0 saturated carbocycles. The van der Waals surface area contributed by atoms with E-state index in [1.54, 1.807) is 6.92 Å². The van der Waals surface area contributed by atoms with Crippen molar-refractivity contribution >= 4 is 28.7 Å². The van der Waals surface area contributed by atoms with Crippen molar-refractivity contribution in [2.24, 2.45) is 0 Å². The van der Waals surface area contributed by atoms with Gasteiger partial charge in [-0.1, -0.05) is 11.6 Å². The van der Waals surface area contributed by atoms with E-state index in [0.717, 1.165) is 11.1 Å². The highest BCUT2D eigenvalue weighted by molar-refractivity contribution is 7.13. The number of carbonyl (C=O) groups is 1. The number of benzene rings is 1. The fourth-order valence-corrected chi connectivity index (χ4v) is 2.21. The van der Waals surface area contributed by atoms with Crippen molar-refractivity contribution in [3.05, 3.63) is 50.7 Å². The van der Waals surface area contributed by atoms with Gasteiger partial charge >= 0.3 is 0 Å². The molecule has 2 rings (SSSR count). The van der Waals surface area contributed by atoms with E-state index in [2.05, 4.69) is 4.98 Å².